The van der Waals surface area contributed by atoms with Crippen molar-refractivity contribution in [2.75, 3.05) is 0 Å². The number of pyridine rings is 1. The summed E-state index contributed by atoms with van der Waals surface area (Å²) in [6.45, 7) is 5.67. The van der Waals surface area contributed by atoms with Crippen molar-refractivity contribution in [2.45, 2.75) is 33.0 Å². The zero-order valence-corrected chi connectivity index (χ0v) is 13.2. The van der Waals surface area contributed by atoms with E-state index in [0.717, 1.165) is 6.07 Å². The molecule has 0 saturated carbocycles. The van der Waals surface area contributed by atoms with Gasteiger partial charge in [-0.05, 0) is 38.5 Å². The smallest absolute Gasteiger partial charge is 0.171 e. The maximum absolute atomic E-state index is 13.1. The van der Waals surface area contributed by atoms with E-state index in [9.17, 15) is 8.78 Å². The zero-order chi connectivity index (χ0) is 16.3. The molecule has 1 aromatic carbocycles. The van der Waals surface area contributed by atoms with Crippen LogP contribution in [0.4, 0.5) is 8.78 Å². The summed E-state index contributed by atoms with van der Waals surface area (Å²) in [6.07, 6.45) is 1.49. The quantitative estimate of drug-likeness (QED) is 0.758. The normalized spacial score (nSPS) is 11.4. The summed E-state index contributed by atoms with van der Waals surface area (Å²) in [5.41, 5.74) is -0.0333. The van der Waals surface area contributed by atoms with Crippen LogP contribution in [0.25, 0.3) is 0 Å². The van der Waals surface area contributed by atoms with Crippen LogP contribution in [0.3, 0.4) is 0 Å². The molecule has 0 aliphatic rings. The highest BCUT2D eigenvalue weighted by atomic mass is 35.5. The molecule has 0 fully saturated rings. The molecule has 0 N–H and O–H groups in total. The van der Waals surface area contributed by atoms with E-state index < -0.39 is 17.2 Å². The second kappa shape index (κ2) is 6.48. The molecule has 1 aromatic heterocycles. The standard InChI is InChI=1S/C16H16ClF2NO2/c1-16(2,3)22-13-7-14(15(17)20-8-13)21-9-10-4-11(18)6-12(19)5-10/h4-8H,9H2,1-3H3. The number of benzene rings is 1. The molecule has 0 atom stereocenters. The Bertz CT molecular complexity index is 651. The molecule has 0 aliphatic heterocycles. The van der Waals surface area contributed by atoms with Crippen LogP contribution in [-0.4, -0.2) is 10.6 Å². The lowest BCUT2D eigenvalue weighted by molar-refractivity contribution is 0.129. The van der Waals surface area contributed by atoms with Gasteiger partial charge in [0.15, 0.2) is 10.9 Å². The van der Waals surface area contributed by atoms with Gasteiger partial charge in [-0.1, -0.05) is 11.6 Å². The topological polar surface area (TPSA) is 31.4 Å². The second-order valence-corrected chi connectivity index (χ2v) is 6.10. The maximum atomic E-state index is 13.1. The number of aromatic nitrogens is 1. The summed E-state index contributed by atoms with van der Waals surface area (Å²) in [5, 5.41) is 0.151. The van der Waals surface area contributed by atoms with E-state index in [4.69, 9.17) is 21.1 Å². The fourth-order valence-electron chi connectivity index (χ4n) is 1.78. The molecule has 6 heteroatoms. The molecule has 0 radical (unpaired) electrons. The van der Waals surface area contributed by atoms with Gasteiger partial charge in [0.05, 0.1) is 6.20 Å². The van der Waals surface area contributed by atoms with Crippen LogP contribution in [0.5, 0.6) is 11.5 Å². The van der Waals surface area contributed by atoms with Gasteiger partial charge in [0.1, 0.15) is 29.6 Å². The summed E-state index contributed by atoms with van der Waals surface area (Å²) in [7, 11) is 0. The zero-order valence-electron chi connectivity index (χ0n) is 12.5. The molecule has 3 nitrogen and oxygen atoms in total. The van der Waals surface area contributed by atoms with Crippen LogP contribution in [0, 0.1) is 11.6 Å². The minimum atomic E-state index is -0.660. The fourth-order valence-corrected chi connectivity index (χ4v) is 1.93. The van der Waals surface area contributed by atoms with Gasteiger partial charge in [-0.3, -0.25) is 0 Å². The van der Waals surface area contributed by atoms with Crippen molar-refractivity contribution in [3.05, 3.63) is 52.8 Å². The van der Waals surface area contributed by atoms with Crippen LogP contribution in [0.1, 0.15) is 26.3 Å². The minimum absolute atomic E-state index is 0.0327. The molecule has 0 bridgehead atoms. The highest BCUT2D eigenvalue weighted by molar-refractivity contribution is 6.30. The molecular weight excluding hydrogens is 312 g/mol. The third-order valence-electron chi connectivity index (χ3n) is 2.52. The summed E-state index contributed by atoms with van der Waals surface area (Å²) < 4.78 is 37.4. The third-order valence-corrected chi connectivity index (χ3v) is 2.81. The van der Waals surface area contributed by atoms with Gasteiger partial charge in [0.25, 0.3) is 0 Å². The van der Waals surface area contributed by atoms with E-state index in [2.05, 4.69) is 4.98 Å². The first-order valence-corrected chi connectivity index (χ1v) is 7.03. The Morgan fingerprint density at radius 3 is 2.32 bits per heavy atom. The average Bonchev–Trinajstić information content (AvgIpc) is 2.36. The molecule has 2 aromatic rings. The molecule has 2 rings (SSSR count). The van der Waals surface area contributed by atoms with E-state index in [0.29, 0.717) is 11.3 Å². The number of rotatable bonds is 4. The molecule has 0 amide bonds. The van der Waals surface area contributed by atoms with Gasteiger partial charge in [0, 0.05) is 12.1 Å². The van der Waals surface area contributed by atoms with E-state index in [-0.39, 0.29) is 17.5 Å². The van der Waals surface area contributed by atoms with Crippen molar-refractivity contribution in [2.24, 2.45) is 0 Å². The first-order chi connectivity index (χ1) is 10.2. The largest absolute Gasteiger partial charge is 0.486 e. The first kappa shape index (κ1) is 16.5. The molecular formula is C16H16ClF2NO2. The Morgan fingerprint density at radius 1 is 1.09 bits per heavy atom. The van der Waals surface area contributed by atoms with Crippen molar-refractivity contribution in [3.63, 3.8) is 0 Å². The Labute approximate surface area is 132 Å². The fraction of sp³-hybridized carbons (Fsp3) is 0.312. The number of ether oxygens (including phenoxy) is 2. The number of nitrogens with zero attached hydrogens (tertiary/aromatic N) is 1. The van der Waals surface area contributed by atoms with Gasteiger partial charge in [-0.25, -0.2) is 13.8 Å². The van der Waals surface area contributed by atoms with Crippen LogP contribution in [-0.2, 0) is 6.61 Å². The predicted molar refractivity (Wildman–Crippen MR) is 80.3 cm³/mol. The first-order valence-electron chi connectivity index (χ1n) is 6.65. The van der Waals surface area contributed by atoms with Crippen molar-refractivity contribution in [1.82, 2.24) is 4.98 Å². The highest BCUT2D eigenvalue weighted by Gasteiger charge is 2.14. The van der Waals surface area contributed by atoms with Gasteiger partial charge in [-0.2, -0.15) is 0 Å². The Balaban J connectivity index is 2.13. The molecule has 1 heterocycles. The van der Waals surface area contributed by atoms with Crippen molar-refractivity contribution < 1.29 is 18.3 Å². The summed E-state index contributed by atoms with van der Waals surface area (Å²) in [4.78, 5) is 3.98. The van der Waals surface area contributed by atoms with Crippen LogP contribution in [0.2, 0.25) is 5.15 Å². The predicted octanol–water partition coefficient (Wildman–Crippen LogP) is 4.77. The lowest BCUT2D eigenvalue weighted by atomic mass is 10.2. The number of halogens is 3. The Hall–Kier alpha value is -1.88. The maximum Gasteiger partial charge on any atom is 0.171 e. The molecule has 0 unspecified atom stereocenters. The molecule has 0 aliphatic carbocycles. The van der Waals surface area contributed by atoms with Crippen LogP contribution >= 0.6 is 11.6 Å². The van der Waals surface area contributed by atoms with Crippen molar-refractivity contribution >= 4 is 11.6 Å². The van der Waals surface area contributed by atoms with Crippen molar-refractivity contribution in [3.8, 4) is 11.5 Å². The molecule has 118 valence electrons. The Morgan fingerprint density at radius 2 is 1.73 bits per heavy atom. The lowest BCUT2D eigenvalue weighted by Crippen LogP contribution is -2.23. The molecule has 0 saturated heterocycles. The van der Waals surface area contributed by atoms with Gasteiger partial charge in [-0.15, -0.1) is 0 Å². The van der Waals surface area contributed by atoms with E-state index in [1.807, 2.05) is 20.8 Å². The van der Waals surface area contributed by atoms with E-state index in [1.165, 1.54) is 18.3 Å². The van der Waals surface area contributed by atoms with Crippen molar-refractivity contribution in [1.29, 1.82) is 0 Å². The van der Waals surface area contributed by atoms with E-state index >= 15 is 0 Å². The van der Waals surface area contributed by atoms with Gasteiger partial charge in [0.2, 0.25) is 0 Å². The average molecular weight is 328 g/mol. The van der Waals surface area contributed by atoms with Crippen LogP contribution in [0.15, 0.2) is 30.5 Å². The lowest BCUT2D eigenvalue weighted by Gasteiger charge is -2.21. The second-order valence-electron chi connectivity index (χ2n) is 5.74. The highest BCUT2D eigenvalue weighted by Crippen LogP contribution is 2.29. The Kier molecular flexibility index (Phi) is 4.86. The minimum Gasteiger partial charge on any atom is -0.486 e. The summed E-state index contributed by atoms with van der Waals surface area (Å²) in [5.74, 6) is -0.536. The van der Waals surface area contributed by atoms with Crippen LogP contribution < -0.4 is 9.47 Å². The van der Waals surface area contributed by atoms with Gasteiger partial charge >= 0.3 is 0 Å². The summed E-state index contributed by atoms with van der Waals surface area (Å²) in [6, 6.07) is 4.78. The molecule has 22 heavy (non-hydrogen) atoms. The summed E-state index contributed by atoms with van der Waals surface area (Å²) >= 11 is 5.96. The third kappa shape index (κ3) is 4.84. The van der Waals surface area contributed by atoms with Gasteiger partial charge < -0.3 is 9.47 Å². The SMILES string of the molecule is CC(C)(C)Oc1cnc(Cl)c(OCc2cc(F)cc(F)c2)c1. The monoisotopic (exact) mass is 327 g/mol. The number of hydrogen-bond acceptors (Lipinski definition) is 3. The number of hydrogen-bond donors (Lipinski definition) is 0. The van der Waals surface area contributed by atoms with E-state index in [1.54, 1.807) is 6.07 Å². The molecule has 0 spiro atoms.